The molecule has 0 aliphatic heterocycles. The van der Waals surface area contributed by atoms with Crippen LogP contribution in [0.25, 0.3) is 11.1 Å². The van der Waals surface area contributed by atoms with Crippen LogP contribution in [0.1, 0.15) is 50.7 Å². The maximum Gasteiger partial charge on any atom is 0.407 e. The molecule has 0 fully saturated rings. The van der Waals surface area contributed by atoms with Crippen molar-refractivity contribution >= 4 is 18.0 Å². The molecule has 1 atom stereocenters. The summed E-state index contributed by atoms with van der Waals surface area (Å²) in [5.41, 5.74) is 3.68. The number of hydrogen-bond donors (Lipinski definition) is 2. The van der Waals surface area contributed by atoms with Crippen LogP contribution in [0, 0.1) is 0 Å². The van der Waals surface area contributed by atoms with E-state index >= 15 is 0 Å². The molecule has 0 bridgehead atoms. The van der Waals surface area contributed by atoms with Gasteiger partial charge in [-0.1, -0.05) is 48.5 Å². The summed E-state index contributed by atoms with van der Waals surface area (Å²) < 4.78 is 10.6. The summed E-state index contributed by atoms with van der Waals surface area (Å²) in [5.74, 6) is -1.88. The molecule has 8 heteroatoms. The summed E-state index contributed by atoms with van der Waals surface area (Å²) in [7, 11) is 0. The van der Waals surface area contributed by atoms with Crippen molar-refractivity contribution in [2.24, 2.45) is 0 Å². The summed E-state index contributed by atoms with van der Waals surface area (Å²) in [6.45, 7) is 5.27. The number of alkyl carbamates (subject to hydrolysis) is 1. The normalized spacial score (nSPS) is 13.2. The highest BCUT2D eigenvalue weighted by atomic mass is 16.6. The van der Waals surface area contributed by atoms with Gasteiger partial charge in [-0.3, -0.25) is 4.79 Å². The molecule has 1 unspecified atom stereocenters. The fraction of sp³-hybridized carbons (Fsp3) is 0.375. The Bertz CT molecular complexity index is 935. The molecule has 32 heavy (non-hydrogen) atoms. The fourth-order valence-electron chi connectivity index (χ4n) is 3.69. The van der Waals surface area contributed by atoms with Crippen molar-refractivity contribution in [1.29, 1.82) is 0 Å². The zero-order valence-corrected chi connectivity index (χ0v) is 18.4. The molecule has 1 amide bonds. The number of aliphatic carboxylic acids is 1. The van der Waals surface area contributed by atoms with Crippen molar-refractivity contribution < 1.29 is 34.4 Å². The summed E-state index contributed by atoms with van der Waals surface area (Å²) in [6.07, 6.45) is -1.05. The molecule has 0 heterocycles. The third kappa shape index (κ3) is 6.07. The number of benzene rings is 2. The van der Waals surface area contributed by atoms with Gasteiger partial charge in [0.2, 0.25) is 0 Å². The van der Waals surface area contributed by atoms with E-state index < -0.39 is 29.7 Å². The molecule has 1 aliphatic carbocycles. The van der Waals surface area contributed by atoms with Gasteiger partial charge < -0.3 is 25.4 Å². The monoisotopic (exact) mass is 443 g/mol. The number of carboxylic acid groups (broad SMARTS) is 1. The Morgan fingerprint density at radius 3 is 2.03 bits per heavy atom. The molecule has 8 nitrogen and oxygen atoms in total. The van der Waals surface area contributed by atoms with Crippen LogP contribution in [0.4, 0.5) is 4.79 Å². The number of hydrogen-bond acceptors (Lipinski definition) is 5. The van der Waals surface area contributed by atoms with Gasteiger partial charge in [-0.25, -0.2) is 9.59 Å². The number of amides is 1. The van der Waals surface area contributed by atoms with Gasteiger partial charge in [-0.2, -0.15) is 0 Å². The van der Waals surface area contributed by atoms with Crippen molar-refractivity contribution in [3.8, 4) is 11.1 Å². The molecule has 0 saturated carbocycles. The van der Waals surface area contributed by atoms with Crippen molar-refractivity contribution in [3.63, 3.8) is 0 Å². The maximum absolute atomic E-state index is 12.3. The SMILES string of the molecule is CC(C)(C)OC(=O)CCC(NC(=O)OCC1c2ccccc2-c2ccccc21)C(=O)O.O. The van der Waals surface area contributed by atoms with E-state index in [2.05, 4.69) is 5.32 Å². The van der Waals surface area contributed by atoms with Gasteiger partial charge in [-0.05, 0) is 49.4 Å². The molecular formula is C24H29NO7. The molecule has 172 valence electrons. The Kier molecular flexibility index (Phi) is 7.99. The number of carbonyl (C=O) groups excluding carboxylic acids is 2. The Hall–Kier alpha value is -3.39. The first-order valence-electron chi connectivity index (χ1n) is 10.2. The van der Waals surface area contributed by atoms with E-state index in [9.17, 15) is 19.5 Å². The first-order valence-corrected chi connectivity index (χ1v) is 10.2. The van der Waals surface area contributed by atoms with Crippen LogP contribution in [-0.2, 0) is 19.1 Å². The van der Waals surface area contributed by atoms with E-state index in [1.165, 1.54) is 0 Å². The van der Waals surface area contributed by atoms with Crippen molar-refractivity contribution in [3.05, 3.63) is 59.7 Å². The first kappa shape index (κ1) is 24.9. The molecule has 1 aliphatic rings. The molecular weight excluding hydrogens is 414 g/mol. The lowest BCUT2D eigenvalue weighted by molar-refractivity contribution is -0.155. The minimum Gasteiger partial charge on any atom is -0.480 e. The molecule has 2 aromatic carbocycles. The molecule has 2 aromatic rings. The highest BCUT2D eigenvalue weighted by Crippen LogP contribution is 2.44. The van der Waals surface area contributed by atoms with Gasteiger partial charge in [0.05, 0.1) is 0 Å². The van der Waals surface area contributed by atoms with E-state index in [0.29, 0.717) is 0 Å². The highest BCUT2D eigenvalue weighted by Gasteiger charge is 2.30. The molecule has 0 aromatic heterocycles. The quantitative estimate of drug-likeness (QED) is 0.631. The van der Waals surface area contributed by atoms with Gasteiger partial charge in [0.15, 0.2) is 0 Å². The minimum atomic E-state index is -1.25. The minimum absolute atomic E-state index is 0. The van der Waals surface area contributed by atoms with Crippen LogP contribution in [0.15, 0.2) is 48.5 Å². The lowest BCUT2D eigenvalue weighted by atomic mass is 9.98. The van der Waals surface area contributed by atoms with Crippen molar-refractivity contribution in [2.75, 3.05) is 6.61 Å². The molecule has 0 spiro atoms. The van der Waals surface area contributed by atoms with Gasteiger partial charge in [0.1, 0.15) is 18.2 Å². The maximum atomic E-state index is 12.3. The topological polar surface area (TPSA) is 133 Å². The summed E-state index contributed by atoms with van der Waals surface area (Å²) in [5, 5.41) is 11.7. The van der Waals surface area contributed by atoms with Gasteiger partial charge >= 0.3 is 18.0 Å². The lowest BCUT2D eigenvalue weighted by Gasteiger charge is -2.20. The largest absolute Gasteiger partial charge is 0.480 e. The molecule has 0 saturated heterocycles. The lowest BCUT2D eigenvalue weighted by Crippen LogP contribution is -2.42. The number of rotatable bonds is 7. The number of carbonyl (C=O) groups is 3. The van der Waals surface area contributed by atoms with E-state index in [4.69, 9.17) is 9.47 Å². The number of esters is 1. The van der Waals surface area contributed by atoms with Crippen LogP contribution in [0.3, 0.4) is 0 Å². The third-order valence-electron chi connectivity index (χ3n) is 4.99. The summed E-state index contributed by atoms with van der Waals surface area (Å²) >= 11 is 0. The van der Waals surface area contributed by atoms with Crippen LogP contribution < -0.4 is 5.32 Å². The Balaban J connectivity index is 0.00000363. The Morgan fingerprint density at radius 1 is 1.00 bits per heavy atom. The second-order valence-electron chi connectivity index (χ2n) is 8.49. The average Bonchev–Trinajstić information content (AvgIpc) is 3.02. The van der Waals surface area contributed by atoms with Gasteiger partial charge in [0.25, 0.3) is 0 Å². The standard InChI is InChI=1S/C24H27NO6.H2O/c1-24(2,3)31-21(26)13-12-20(22(27)28)25-23(29)30-14-19-17-10-6-4-8-15(17)16-9-5-7-11-18(16)19;/h4-11,19-20H,12-14H2,1-3H3,(H,25,29)(H,27,28);1H2. The van der Waals surface area contributed by atoms with E-state index in [1.54, 1.807) is 20.8 Å². The zero-order chi connectivity index (χ0) is 22.6. The van der Waals surface area contributed by atoms with E-state index in [-0.39, 0.29) is 30.8 Å². The fourth-order valence-corrected chi connectivity index (χ4v) is 3.69. The van der Waals surface area contributed by atoms with Crippen LogP contribution in [0.2, 0.25) is 0 Å². The van der Waals surface area contributed by atoms with E-state index in [0.717, 1.165) is 22.3 Å². The predicted octanol–water partition coefficient (Wildman–Crippen LogP) is 3.28. The number of nitrogens with one attached hydrogen (secondary N) is 1. The number of carboxylic acids is 1. The Morgan fingerprint density at radius 2 is 1.53 bits per heavy atom. The second kappa shape index (κ2) is 10.3. The average molecular weight is 443 g/mol. The smallest absolute Gasteiger partial charge is 0.407 e. The van der Waals surface area contributed by atoms with Crippen LogP contribution in [0.5, 0.6) is 0 Å². The van der Waals surface area contributed by atoms with Gasteiger partial charge in [0, 0.05) is 12.3 Å². The number of ether oxygens (including phenoxy) is 2. The van der Waals surface area contributed by atoms with Crippen molar-refractivity contribution in [1.82, 2.24) is 5.32 Å². The second-order valence-corrected chi connectivity index (χ2v) is 8.49. The van der Waals surface area contributed by atoms with Gasteiger partial charge in [-0.15, -0.1) is 0 Å². The Labute approximate surface area is 186 Å². The highest BCUT2D eigenvalue weighted by molar-refractivity contribution is 5.81. The number of fused-ring (bicyclic) bond motifs is 3. The third-order valence-corrected chi connectivity index (χ3v) is 4.99. The summed E-state index contributed by atoms with van der Waals surface area (Å²) in [4.78, 5) is 35.6. The predicted molar refractivity (Wildman–Crippen MR) is 118 cm³/mol. The van der Waals surface area contributed by atoms with Crippen molar-refractivity contribution in [2.45, 2.75) is 51.2 Å². The molecule has 0 radical (unpaired) electrons. The van der Waals surface area contributed by atoms with Crippen LogP contribution in [-0.4, -0.2) is 46.9 Å². The molecule has 4 N–H and O–H groups in total. The van der Waals surface area contributed by atoms with Crippen LogP contribution >= 0.6 is 0 Å². The molecule has 3 rings (SSSR count). The zero-order valence-electron chi connectivity index (χ0n) is 18.4. The van der Waals surface area contributed by atoms with E-state index in [1.807, 2.05) is 48.5 Å². The summed E-state index contributed by atoms with van der Waals surface area (Å²) in [6, 6.07) is 14.6. The first-order chi connectivity index (χ1) is 14.7.